The first kappa shape index (κ1) is 22.1. The number of carbonyl (C=O) groups excluding carboxylic acids is 1. The van der Waals surface area contributed by atoms with Crippen molar-refractivity contribution in [1.29, 1.82) is 0 Å². The molecule has 0 N–H and O–H groups in total. The molecule has 3 aromatic carbocycles. The van der Waals surface area contributed by atoms with Gasteiger partial charge in [-0.1, -0.05) is 35.9 Å². The van der Waals surface area contributed by atoms with Crippen LogP contribution in [0.25, 0.3) is 0 Å². The van der Waals surface area contributed by atoms with E-state index in [1.165, 1.54) is 5.56 Å². The number of aryl methyl sites for hydroxylation is 1. The first-order valence-corrected chi connectivity index (χ1v) is 11.3. The van der Waals surface area contributed by atoms with Gasteiger partial charge < -0.3 is 19.1 Å². The van der Waals surface area contributed by atoms with Gasteiger partial charge in [0.25, 0.3) is 0 Å². The Kier molecular flexibility index (Phi) is 6.61. The van der Waals surface area contributed by atoms with E-state index in [-0.39, 0.29) is 11.2 Å². The van der Waals surface area contributed by atoms with Gasteiger partial charge in [0.05, 0.1) is 33.6 Å². The molecule has 0 bridgehead atoms. The van der Waals surface area contributed by atoms with E-state index in [1.54, 1.807) is 33.1 Å². The number of hydrogen-bond acceptors (Lipinski definition) is 5. The van der Waals surface area contributed by atoms with Crippen molar-refractivity contribution in [2.45, 2.75) is 30.0 Å². The lowest BCUT2D eigenvalue weighted by atomic mass is 10.1. The standard InChI is InChI=1S/C26H27NO4S/c1-17-6-5-7-18(12-17)16-27-22-11-9-20(30-3)14-25(22)32-24(15-26(27)28)21-10-8-19(29-2)13-23(21)31-4/h5-14,24H,15-16H2,1-4H3. The highest BCUT2D eigenvalue weighted by molar-refractivity contribution is 7.99. The lowest BCUT2D eigenvalue weighted by Crippen LogP contribution is -2.30. The van der Waals surface area contributed by atoms with Crippen LogP contribution in [0, 0.1) is 6.92 Å². The summed E-state index contributed by atoms with van der Waals surface area (Å²) in [5.74, 6) is 2.28. The first-order valence-electron chi connectivity index (χ1n) is 10.4. The van der Waals surface area contributed by atoms with Gasteiger partial charge in [-0.05, 0) is 36.8 Å². The average molecular weight is 450 g/mol. The summed E-state index contributed by atoms with van der Waals surface area (Å²) in [7, 11) is 4.93. The van der Waals surface area contributed by atoms with E-state index in [4.69, 9.17) is 14.2 Å². The van der Waals surface area contributed by atoms with Gasteiger partial charge in [-0.25, -0.2) is 0 Å². The molecule has 5 nitrogen and oxygen atoms in total. The number of ether oxygens (including phenoxy) is 3. The number of thioether (sulfide) groups is 1. The number of benzene rings is 3. The predicted molar refractivity (Wildman–Crippen MR) is 128 cm³/mol. The third-order valence-corrected chi connectivity index (χ3v) is 6.88. The molecule has 1 aliphatic heterocycles. The van der Waals surface area contributed by atoms with Crippen LogP contribution in [-0.2, 0) is 11.3 Å². The summed E-state index contributed by atoms with van der Waals surface area (Å²) in [5.41, 5.74) is 4.15. The minimum Gasteiger partial charge on any atom is -0.497 e. The average Bonchev–Trinajstić information content (AvgIpc) is 2.94. The van der Waals surface area contributed by atoms with E-state index in [2.05, 4.69) is 25.1 Å². The van der Waals surface area contributed by atoms with Gasteiger partial charge >= 0.3 is 0 Å². The topological polar surface area (TPSA) is 48.0 Å². The summed E-state index contributed by atoms with van der Waals surface area (Å²) >= 11 is 1.66. The van der Waals surface area contributed by atoms with Crippen LogP contribution in [0.15, 0.2) is 65.6 Å². The largest absolute Gasteiger partial charge is 0.497 e. The number of fused-ring (bicyclic) bond motifs is 1. The van der Waals surface area contributed by atoms with E-state index in [9.17, 15) is 4.79 Å². The number of rotatable bonds is 6. The fraction of sp³-hybridized carbons (Fsp3) is 0.269. The van der Waals surface area contributed by atoms with Crippen molar-refractivity contribution in [2.75, 3.05) is 26.2 Å². The predicted octanol–water partition coefficient (Wildman–Crippen LogP) is 5.79. The molecule has 0 spiro atoms. The van der Waals surface area contributed by atoms with Crippen LogP contribution in [-0.4, -0.2) is 27.2 Å². The summed E-state index contributed by atoms with van der Waals surface area (Å²) in [6.07, 6.45) is 0.357. The van der Waals surface area contributed by atoms with Crippen molar-refractivity contribution in [1.82, 2.24) is 0 Å². The zero-order valence-corrected chi connectivity index (χ0v) is 19.6. The molecule has 6 heteroatoms. The molecule has 32 heavy (non-hydrogen) atoms. The molecule has 0 aliphatic carbocycles. The van der Waals surface area contributed by atoms with Crippen LogP contribution in [0.2, 0.25) is 0 Å². The molecule has 1 amide bonds. The summed E-state index contributed by atoms with van der Waals surface area (Å²) in [6, 6.07) is 19.9. The van der Waals surface area contributed by atoms with E-state index in [0.29, 0.717) is 18.7 Å². The number of methoxy groups -OCH3 is 3. The molecule has 4 rings (SSSR count). The van der Waals surface area contributed by atoms with Crippen LogP contribution >= 0.6 is 11.8 Å². The molecule has 1 aliphatic rings. The van der Waals surface area contributed by atoms with Crippen molar-refractivity contribution in [3.8, 4) is 17.2 Å². The van der Waals surface area contributed by atoms with E-state index >= 15 is 0 Å². The Bertz CT molecular complexity index is 1130. The Balaban J connectivity index is 1.76. The molecule has 1 atom stereocenters. The van der Waals surface area contributed by atoms with Crippen molar-refractivity contribution in [2.24, 2.45) is 0 Å². The highest BCUT2D eigenvalue weighted by Gasteiger charge is 2.31. The van der Waals surface area contributed by atoms with Crippen molar-refractivity contribution in [3.05, 3.63) is 77.4 Å². The number of amides is 1. The Hall–Kier alpha value is -3.12. The molecular weight excluding hydrogens is 422 g/mol. The zero-order valence-electron chi connectivity index (χ0n) is 18.8. The van der Waals surface area contributed by atoms with Gasteiger partial charge in [0, 0.05) is 28.2 Å². The third kappa shape index (κ3) is 4.55. The smallest absolute Gasteiger partial charge is 0.228 e. The van der Waals surface area contributed by atoms with E-state index in [0.717, 1.165) is 33.2 Å². The first-order chi connectivity index (χ1) is 15.5. The molecule has 0 aromatic heterocycles. The van der Waals surface area contributed by atoms with Crippen LogP contribution in [0.3, 0.4) is 0 Å². The Labute approximate surface area is 193 Å². The minimum absolute atomic E-state index is 0.0748. The van der Waals surface area contributed by atoms with E-state index in [1.807, 2.05) is 47.4 Å². The maximum Gasteiger partial charge on any atom is 0.228 e. The minimum atomic E-state index is -0.100. The summed E-state index contributed by atoms with van der Waals surface area (Å²) in [4.78, 5) is 16.4. The number of anilines is 1. The van der Waals surface area contributed by atoms with Crippen LogP contribution in [0.4, 0.5) is 5.69 Å². The summed E-state index contributed by atoms with van der Waals surface area (Å²) in [5, 5.41) is -0.100. The summed E-state index contributed by atoms with van der Waals surface area (Å²) < 4.78 is 16.5. The zero-order chi connectivity index (χ0) is 22.7. The molecule has 1 unspecified atom stereocenters. The Morgan fingerprint density at radius 2 is 1.69 bits per heavy atom. The second kappa shape index (κ2) is 9.57. The van der Waals surface area contributed by atoms with Gasteiger partial charge in [0.15, 0.2) is 0 Å². The normalized spacial score (nSPS) is 15.7. The number of carbonyl (C=O) groups is 1. The third-order valence-electron chi connectivity index (χ3n) is 5.60. The monoisotopic (exact) mass is 449 g/mol. The van der Waals surface area contributed by atoms with Crippen molar-refractivity contribution >= 4 is 23.4 Å². The fourth-order valence-corrected chi connectivity index (χ4v) is 5.30. The molecule has 0 radical (unpaired) electrons. The Morgan fingerprint density at radius 3 is 2.41 bits per heavy atom. The highest BCUT2D eigenvalue weighted by Crippen LogP contribution is 2.49. The number of hydrogen-bond donors (Lipinski definition) is 0. The molecule has 0 saturated carbocycles. The van der Waals surface area contributed by atoms with Crippen LogP contribution in [0.1, 0.15) is 28.4 Å². The fourth-order valence-electron chi connectivity index (χ4n) is 3.96. The van der Waals surface area contributed by atoms with Crippen molar-refractivity contribution in [3.63, 3.8) is 0 Å². The molecule has 1 heterocycles. The quantitative estimate of drug-likeness (QED) is 0.477. The molecule has 3 aromatic rings. The van der Waals surface area contributed by atoms with Crippen molar-refractivity contribution < 1.29 is 19.0 Å². The maximum absolute atomic E-state index is 13.5. The maximum atomic E-state index is 13.5. The number of nitrogens with zero attached hydrogens (tertiary/aromatic N) is 1. The molecule has 0 fully saturated rings. The summed E-state index contributed by atoms with van der Waals surface area (Å²) in [6.45, 7) is 2.58. The van der Waals surface area contributed by atoms with Gasteiger partial charge in [0.2, 0.25) is 5.91 Å². The molecule has 166 valence electrons. The molecule has 0 saturated heterocycles. The lowest BCUT2D eigenvalue weighted by molar-refractivity contribution is -0.118. The second-order valence-electron chi connectivity index (χ2n) is 7.72. The van der Waals surface area contributed by atoms with Gasteiger partial charge in [-0.3, -0.25) is 4.79 Å². The Morgan fingerprint density at radius 1 is 0.938 bits per heavy atom. The molecular formula is C26H27NO4S. The van der Waals surface area contributed by atoms with Gasteiger partial charge in [0.1, 0.15) is 17.2 Å². The van der Waals surface area contributed by atoms with E-state index < -0.39 is 0 Å². The SMILES string of the molecule is COc1ccc(C2CC(=O)N(Cc3cccc(C)c3)c3ccc(OC)cc3S2)c(OC)c1. The highest BCUT2D eigenvalue weighted by atomic mass is 32.2. The lowest BCUT2D eigenvalue weighted by Gasteiger charge is -2.23. The van der Waals surface area contributed by atoms with Gasteiger partial charge in [-0.15, -0.1) is 11.8 Å². The van der Waals surface area contributed by atoms with Crippen LogP contribution < -0.4 is 19.1 Å². The van der Waals surface area contributed by atoms with Crippen LogP contribution in [0.5, 0.6) is 17.2 Å². The second-order valence-corrected chi connectivity index (χ2v) is 8.97. The van der Waals surface area contributed by atoms with Gasteiger partial charge in [-0.2, -0.15) is 0 Å².